The van der Waals surface area contributed by atoms with Crippen LogP contribution in [0.4, 0.5) is 10.5 Å². The van der Waals surface area contributed by atoms with E-state index in [1.165, 1.54) is 4.90 Å². The number of aliphatic carboxylic acids is 1. The van der Waals surface area contributed by atoms with Crippen molar-refractivity contribution in [1.82, 2.24) is 4.90 Å². The molecule has 1 heterocycles. The van der Waals surface area contributed by atoms with Crippen LogP contribution < -0.4 is 5.32 Å². The van der Waals surface area contributed by atoms with Gasteiger partial charge in [-0.25, -0.2) is 4.79 Å². The van der Waals surface area contributed by atoms with Crippen LogP contribution in [0.15, 0.2) is 18.2 Å². The number of hydrogen-bond donors (Lipinski definition) is 2. The molecule has 1 aliphatic heterocycles. The third-order valence-corrected chi connectivity index (χ3v) is 4.20. The van der Waals surface area contributed by atoms with Crippen LogP contribution in [0.3, 0.4) is 0 Å². The first kappa shape index (κ1) is 13.1. The van der Waals surface area contributed by atoms with Crippen molar-refractivity contribution in [2.24, 2.45) is 5.92 Å². The number of anilines is 1. The van der Waals surface area contributed by atoms with Crippen LogP contribution in [0.25, 0.3) is 0 Å². The fourth-order valence-corrected chi connectivity index (χ4v) is 2.24. The number of hydrogen-bond acceptors (Lipinski definition) is 2. The minimum Gasteiger partial charge on any atom is -0.481 e. The Morgan fingerprint density at radius 2 is 2.11 bits per heavy atom. The maximum atomic E-state index is 11.8. The molecule has 2 amide bonds. The van der Waals surface area contributed by atoms with Gasteiger partial charge in [-0.3, -0.25) is 4.79 Å². The van der Waals surface area contributed by atoms with E-state index in [1.807, 2.05) is 25.1 Å². The highest BCUT2D eigenvalue weighted by Crippen LogP contribution is 2.22. The molecule has 1 aliphatic rings. The van der Waals surface area contributed by atoms with Crippen LogP contribution in [0.5, 0.6) is 0 Å². The van der Waals surface area contributed by atoms with Crippen LogP contribution in [0.2, 0.25) is 0 Å². The van der Waals surface area contributed by atoms with E-state index in [0.717, 1.165) is 14.8 Å². The summed E-state index contributed by atoms with van der Waals surface area (Å²) in [7, 11) is 0. The Hall–Kier alpha value is -1.31. The molecule has 0 bridgehead atoms. The molecule has 0 saturated carbocycles. The summed E-state index contributed by atoms with van der Waals surface area (Å²) >= 11 is 2.21. The molecular weight excluding hydrogens is 347 g/mol. The third kappa shape index (κ3) is 2.58. The third-order valence-electron chi connectivity index (χ3n) is 3.03. The number of carbonyl (C=O) groups is 2. The smallest absolute Gasteiger partial charge is 0.321 e. The molecule has 2 rings (SSSR count). The van der Waals surface area contributed by atoms with Gasteiger partial charge in [0.1, 0.15) is 0 Å². The van der Waals surface area contributed by atoms with Gasteiger partial charge in [-0.2, -0.15) is 0 Å². The Labute approximate surface area is 118 Å². The number of carbonyl (C=O) groups excluding carboxylic acids is 1. The van der Waals surface area contributed by atoms with E-state index < -0.39 is 11.9 Å². The first-order chi connectivity index (χ1) is 8.49. The van der Waals surface area contributed by atoms with Crippen molar-refractivity contribution in [3.63, 3.8) is 0 Å². The van der Waals surface area contributed by atoms with Crippen molar-refractivity contribution in [2.45, 2.75) is 6.92 Å². The fourth-order valence-electron chi connectivity index (χ4n) is 1.74. The maximum Gasteiger partial charge on any atom is 0.321 e. The van der Waals surface area contributed by atoms with Crippen LogP contribution in [-0.4, -0.2) is 35.1 Å². The van der Waals surface area contributed by atoms with Gasteiger partial charge in [0.25, 0.3) is 0 Å². The molecule has 1 aromatic carbocycles. The zero-order valence-corrected chi connectivity index (χ0v) is 12.0. The van der Waals surface area contributed by atoms with Crippen molar-refractivity contribution in [2.75, 3.05) is 18.4 Å². The molecule has 1 saturated heterocycles. The number of urea groups is 1. The second-order valence-electron chi connectivity index (χ2n) is 4.28. The quantitative estimate of drug-likeness (QED) is 0.795. The Bertz CT molecular complexity index is 498. The molecule has 5 nitrogen and oxygen atoms in total. The summed E-state index contributed by atoms with van der Waals surface area (Å²) in [6.45, 7) is 2.50. The lowest BCUT2D eigenvalue weighted by atomic mass is 10.0. The Kier molecular flexibility index (Phi) is 3.74. The van der Waals surface area contributed by atoms with Crippen molar-refractivity contribution >= 4 is 40.3 Å². The van der Waals surface area contributed by atoms with Gasteiger partial charge in [0.05, 0.1) is 5.92 Å². The van der Waals surface area contributed by atoms with Gasteiger partial charge < -0.3 is 15.3 Å². The topological polar surface area (TPSA) is 69.6 Å². The molecule has 0 aliphatic carbocycles. The standard InChI is InChI=1S/C12H13IN2O3/c1-7-9(13)3-2-4-10(7)14-12(18)15-5-8(6-15)11(16)17/h2-4,8H,5-6H2,1H3,(H,14,18)(H,16,17). The first-order valence-electron chi connectivity index (χ1n) is 5.53. The predicted molar refractivity (Wildman–Crippen MR) is 75.6 cm³/mol. The zero-order chi connectivity index (χ0) is 13.3. The van der Waals surface area contributed by atoms with Gasteiger partial charge in [0.15, 0.2) is 0 Å². The monoisotopic (exact) mass is 360 g/mol. The number of nitrogens with zero attached hydrogens (tertiary/aromatic N) is 1. The second kappa shape index (κ2) is 5.13. The van der Waals surface area contributed by atoms with E-state index in [4.69, 9.17) is 5.11 Å². The first-order valence-corrected chi connectivity index (χ1v) is 6.60. The summed E-state index contributed by atoms with van der Waals surface area (Å²) in [4.78, 5) is 24.0. The molecule has 18 heavy (non-hydrogen) atoms. The summed E-state index contributed by atoms with van der Waals surface area (Å²) in [5, 5.41) is 11.5. The van der Waals surface area contributed by atoms with E-state index in [-0.39, 0.29) is 19.1 Å². The van der Waals surface area contributed by atoms with Crippen molar-refractivity contribution in [1.29, 1.82) is 0 Å². The largest absolute Gasteiger partial charge is 0.481 e. The van der Waals surface area contributed by atoms with E-state index in [1.54, 1.807) is 0 Å². The molecule has 6 heteroatoms. The minimum atomic E-state index is -0.843. The number of carboxylic acids is 1. The molecule has 96 valence electrons. The summed E-state index contributed by atoms with van der Waals surface area (Å²) in [5.74, 6) is -1.27. The summed E-state index contributed by atoms with van der Waals surface area (Å²) in [5.41, 5.74) is 1.78. The Morgan fingerprint density at radius 3 is 2.72 bits per heavy atom. The number of likely N-dealkylation sites (tertiary alicyclic amines) is 1. The molecule has 0 atom stereocenters. The molecule has 1 fully saturated rings. The average molecular weight is 360 g/mol. The average Bonchev–Trinajstić information content (AvgIpc) is 2.22. The maximum absolute atomic E-state index is 11.8. The number of amides is 2. The van der Waals surface area contributed by atoms with Gasteiger partial charge in [-0.1, -0.05) is 6.07 Å². The lowest BCUT2D eigenvalue weighted by Crippen LogP contribution is -2.54. The number of benzene rings is 1. The van der Waals surface area contributed by atoms with Crippen LogP contribution in [-0.2, 0) is 4.79 Å². The van der Waals surface area contributed by atoms with E-state index in [0.29, 0.717) is 0 Å². The Balaban J connectivity index is 1.97. The van der Waals surface area contributed by atoms with E-state index in [2.05, 4.69) is 27.9 Å². The Morgan fingerprint density at radius 1 is 1.44 bits per heavy atom. The molecular formula is C12H13IN2O3. The summed E-state index contributed by atoms with van der Waals surface area (Å²) in [6.07, 6.45) is 0. The fraction of sp³-hybridized carbons (Fsp3) is 0.333. The number of halogens is 1. The highest BCUT2D eigenvalue weighted by atomic mass is 127. The van der Waals surface area contributed by atoms with Gasteiger partial charge in [-0.15, -0.1) is 0 Å². The highest BCUT2D eigenvalue weighted by molar-refractivity contribution is 14.1. The number of nitrogens with one attached hydrogen (secondary N) is 1. The SMILES string of the molecule is Cc1c(I)cccc1NC(=O)N1CC(C(=O)O)C1. The number of rotatable bonds is 2. The van der Waals surface area contributed by atoms with Crippen LogP contribution >= 0.6 is 22.6 Å². The van der Waals surface area contributed by atoms with Crippen molar-refractivity contribution in [3.05, 3.63) is 27.3 Å². The summed E-state index contributed by atoms with van der Waals surface area (Å²) < 4.78 is 1.08. The predicted octanol–water partition coefficient (Wildman–Crippen LogP) is 2.15. The van der Waals surface area contributed by atoms with Gasteiger partial charge in [-0.05, 0) is 47.2 Å². The van der Waals surface area contributed by atoms with Gasteiger partial charge in [0, 0.05) is 22.3 Å². The van der Waals surface area contributed by atoms with Crippen LogP contribution in [0.1, 0.15) is 5.56 Å². The molecule has 0 spiro atoms. The number of carboxylic acid groups (broad SMARTS) is 1. The van der Waals surface area contributed by atoms with E-state index >= 15 is 0 Å². The molecule has 0 aromatic heterocycles. The van der Waals surface area contributed by atoms with Crippen molar-refractivity contribution < 1.29 is 14.7 Å². The lowest BCUT2D eigenvalue weighted by Gasteiger charge is -2.36. The molecule has 0 unspecified atom stereocenters. The van der Waals surface area contributed by atoms with Crippen LogP contribution in [0, 0.1) is 16.4 Å². The molecule has 2 N–H and O–H groups in total. The minimum absolute atomic E-state index is 0.238. The van der Waals surface area contributed by atoms with E-state index in [9.17, 15) is 9.59 Å². The second-order valence-corrected chi connectivity index (χ2v) is 5.44. The summed E-state index contributed by atoms with van der Waals surface area (Å²) in [6, 6.07) is 5.44. The molecule has 0 radical (unpaired) electrons. The zero-order valence-electron chi connectivity index (χ0n) is 9.81. The molecule has 1 aromatic rings. The normalized spacial score (nSPS) is 15.1. The van der Waals surface area contributed by atoms with Gasteiger partial charge in [0.2, 0.25) is 0 Å². The van der Waals surface area contributed by atoms with Gasteiger partial charge >= 0.3 is 12.0 Å². The van der Waals surface area contributed by atoms with Crippen molar-refractivity contribution in [3.8, 4) is 0 Å². The highest BCUT2D eigenvalue weighted by Gasteiger charge is 2.35. The lowest BCUT2D eigenvalue weighted by molar-refractivity contribution is -0.145.